The first-order chi connectivity index (χ1) is 8.85. The molecule has 0 aliphatic carbocycles. The van der Waals surface area contributed by atoms with Crippen molar-refractivity contribution < 1.29 is 0 Å². The summed E-state index contributed by atoms with van der Waals surface area (Å²) in [5.74, 6) is 0. The predicted molar refractivity (Wildman–Crippen MR) is 80.8 cm³/mol. The lowest BCUT2D eigenvalue weighted by Crippen LogP contribution is -2.38. The molecule has 0 heterocycles. The Morgan fingerprint density at radius 1 is 0.778 bits per heavy atom. The quantitative estimate of drug-likeness (QED) is 0.409. The van der Waals surface area contributed by atoms with Crippen LogP contribution in [0.25, 0.3) is 0 Å². The minimum atomic E-state index is 0.720. The van der Waals surface area contributed by atoms with Gasteiger partial charge < -0.3 is 16.8 Å². The van der Waals surface area contributed by atoms with Crippen LogP contribution in [0.15, 0.2) is 0 Å². The predicted octanol–water partition coefficient (Wildman–Crippen LogP) is 1.16. The fraction of sp³-hybridized carbons (Fsp3) is 1.00. The molecular weight excluding hydrogens is 224 g/mol. The molecule has 0 amide bonds. The molecule has 0 radical (unpaired) electrons. The van der Waals surface area contributed by atoms with Gasteiger partial charge in [0.15, 0.2) is 0 Å². The molecule has 0 aromatic rings. The van der Waals surface area contributed by atoms with Gasteiger partial charge in [-0.05, 0) is 13.0 Å². The minimum absolute atomic E-state index is 0.720. The fourth-order valence-corrected chi connectivity index (χ4v) is 2.09. The third kappa shape index (κ3) is 12.3. The summed E-state index contributed by atoms with van der Waals surface area (Å²) >= 11 is 0. The lowest BCUT2D eigenvalue weighted by molar-refractivity contribution is 0.287. The second kappa shape index (κ2) is 14.9. The maximum absolute atomic E-state index is 5.57. The lowest BCUT2D eigenvalue weighted by atomic mass is 10.1. The molecule has 4 heteroatoms. The smallest absolute Gasteiger partial charge is 0.0108 e. The van der Waals surface area contributed by atoms with Crippen molar-refractivity contribution in [3.05, 3.63) is 0 Å². The normalized spacial score (nSPS) is 11.3. The first-order valence-electron chi connectivity index (χ1n) is 7.68. The Morgan fingerprint density at radius 3 is 2.00 bits per heavy atom. The highest BCUT2D eigenvalue weighted by Crippen LogP contribution is 2.03. The highest BCUT2D eigenvalue weighted by atomic mass is 15.1. The summed E-state index contributed by atoms with van der Waals surface area (Å²) in [6, 6.07) is 0. The SMILES string of the molecule is CCCCCCCCNCCN(CCN)CCN. The zero-order chi connectivity index (χ0) is 13.5. The van der Waals surface area contributed by atoms with Gasteiger partial charge in [0.25, 0.3) is 0 Å². The number of hydrogen-bond donors (Lipinski definition) is 3. The molecule has 0 rings (SSSR count). The molecular formula is C14H34N4. The van der Waals surface area contributed by atoms with Gasteiger partial charge in [-0.2, -0.15) is 0 Å². The zero-order valence-corrected chi connectivity index (χ0v) is 12.3. The number of hydrogen-bond acceptors (Lipinski definition) is 4. The molecule has 0 aromatic carbocycles. The molecule has 5 N–H and O–H groups in total. The molecule has 0 unspecified atom stereocenters. The van der Waals surface area contributed by atoms with Crippen LogP contribution in [0, 0.1) is 0 Å². The molecule has 0 saturated carbocycles. The van der Waals surface area contributed by atoms with Gasteiger partial charge in [-0.3, -0.25) is 4.90 Å². The number of rotatable bonds is 14. The molecule has 0 saturated heterocycles. The number of unbranched alkanes of at least 4 members (excludes halogenated alkanes) is 5. The Bertz CT molecular complexity index is 147. The highest BCUT2D eigenvalue weighted by molar-refractivity contribution is 4.61. The lowest BCUT2D eigenvalue weighted by Gasteiger charge is -2.20. The monoisotopic (exact) mass is 258 g/mol. The molecule has 0 aliphatic heterocycles. The van der Waals surface area contributed by atoms with Crippen LogP contribution < -0.4 is 16.8 Å². The summed E-state index contributed by atoms with van der Waals surface area (Å²) in [5.41, 5.74) is 11.1. The van der Waals surface area contributed by atoms with Gasteiger partial charge in [-0.15, -0.1) is 0 Å². The molecule has 0 spiro atoms. The molecule has 0 aromatic heterocycles. The maximum Gasteiger partial charge on any atom is 0.0108 e. The zero-order valence-electron chi connectivity index (χ0n) is 12.3. The Hall–Kier alpha value is -0.160. The van der Waals surface area contributed by atoms with Crippen LogP contribution in [0.5, 0.6) is 0 Å². The second-order valence-electron chi connectivity index (χ2n) is 4.94. The van der Waals surface area contributed by atoms with Gasteiger partial charge in [0.05, 0.1) is 0 Å². The summed E-state index contributed by atoms with van der Waals surface area (Å²) in [6.45, 7) is 8.86. The Morgan fingerprint density at radius 2 is 1.39 bits per heavy atom. The van der Waals surface area contributed by atoms with Crippen LogP contribution in [-0.4, -0.2) is 50.7 Å². The van der Waals surface area contributed by atoms with Crippen molar-refractivity contribution in [3.8, 4) is 0 Å². The van der Waals surface area contributed by atoms with E-state index >= 15 is 0 Å². The first kappa shape index (κ1) is 17.8. The van der Waals surface area contributed by atoms with E-state index < -0.39 is 0 Å². The second-order valence-corrected chi connectivity index (χ2v) is 4.94. The van der Waals surface area contributed by atoms with E-state index in [1.54, 1.807) is 0 Å². The van der Waals surface area contributed by atoms with Crippen LogP contribution in [0.4, 0.5) is 0 Å². The van der Waals surface area contributed by atoms with Gasteiger partial charge in [-0.25, -0.2) is 0 Å². The summed E-state index contributed by atoms with van der Waals surface area (Å²) in [5, 5.41) is 3.50. The Balaban J connectivity index is 3.21. The molecule has 0 aliphatic rings. The average Bonchev–Trinajstić information content (AvgIpc) is 2.37. The van der Waals surface area contributed by atoms with Crippen molar-refractivity contribution in [2.24, 2.45) is 11.5 Å². The Kier molecular flexibility index (Phi) is 14.8. The van der Waals surface area contributed by atoms with Gasteiger partial charge in [0.2, 0.25) is 0 Å². The van der Waals surface area contributed by atoms with E-state index in [4.69, 9.17) is 11.5 Å². The van der Waals surface area contributed by atoms with Crippen LogP contribution in [0.1, 0.15) is 45.4 Å². The Labute approximate surface area is 113 Å². The number of nitrogens with one attached hydrogen (secondary N) is 1. The number of nitrogens with two attached hydrogens (primary N) is 2. The molecule has 0 fully saturated rings. The molecule has 4 nitrogen and oxygen atoms in total. The molecule has 110 valence electrons. The topological polar surface area (TPSA) is 67.3 Å². The van der Waals surface area contributed by atoms with Crippen molar-refractivity contribution in [2.45, 2.75) is 45.4 Å². The standard InChI is InChI=1S/C14H34N4/c1-2-3-4-5-6-7-10-17-11-14-18(12-8-15)13-9-16/h17H,2-16H2,1H3. The first-order valence-corrected chi connectivity index (χ1v) is 7.68. The van der Waals surface area contributed by atoms with E-state index in [-0.39, 0.29) is 0 Å². The third-order valence-electron chi connectivity index (χ3n) is 3.20. The summed E-state index contributed by atoms with van der Waals surface area (Å²) < 4.78 is 0. The van der Waals surface area contributed by atoms with Gasteiger partial charge in [0, 0.05) is 39.3 Å². The van der Waals surface area contributed by atoms with E-state index in [1.165, 1.54) is 38.5 Å². The van der Waals surface area contributed by atoms with Crippen molar-refractivity contribution in [2.75, 3.05) is 45.8 Å². The van der Waals surface area contributed by atoms with Gasteiger partial charge >= 0.3 is 0 Å². The summed E-state index contributed by atoms with van der Waals surface area (Å²) in [4.78, 5) is 2.33. The third-order valence-corrected chi connectivity index (χ3v) is 3.20. The fourth-order valence-electron chi connectivity index (χ4n) is 2.09. The minimum Gasteiger partial charge on any atom is -0.329 e. The van der Waals surface area contributed by atoms with Crippen LogP contribution in [0.2, 0.25) is 0 Å². The molecule has 0 bridgehead atoms. The van der Waals surface area contributed by atoms with E-state index in [2.05, 4.69) is 17.1 Å². The largest absolute Gasteiger partial charge is 0.329 e. The van der Waals surface area contributed by atoms with E-state index in [1.807, 2.05) is 0 Å². The van der Waals surface area contributed by atoms with Crippen LogP contribution in [0.3, 0.4) is 0 Å². The molecule has 0 atom stereocenters. The molecule has 18 heavy (non-hydrogen) atoms. The summed E-state index contributed by atoms with van der Waals surface area (Å²) in [6.07, 6.45) is 8.18. The van der Waals surface area contributed by atoms with Crippen molar-refractivity contribution >= 4 is 0 Å². The van der Waals surface area contributed by atoms with Crippen molar-refractivity contribution in [1.29, 1.82) is 0 Å². The highest BCUT2D eigenvalue weighted by Gasteiger charge is 2.01. The van der Waals surface area contributed by atoms with Crippen molar-refractivity contribution in [1.82, 2.24) is 10.2 Å². The van der Waals surface area contributed by atoms with E-state index in [9.17, 15) is 0 Å². The average molecular weight is 258 g/mol. The van der Waals surface area contributed by atoms with Crippen molar-refractivity contribution in [3.63, 3.8) is 0 Å². The van der Waals surface area contributed by atoms with Gasteiger partial charge in [-0.1, -0.05) is 39.0 Å². The van der Waals surface area contributed by atoms with E-state index in [0.29, 0.717) is 0 Å². The van der Waals surface area contributed by atoms with Crippen LogP contribution in [-0.2, 0) is 0 Å². The van der Waals surface area contributed by atoms with Gasteiger partial charge in [0.1, 0.15) is 0 Å². The maximum atomic E-state index is 5.57. The van der Waals surface area contributed by atoms with E-state index in [0.717, 1.165) is 45.8 Å². The number of nitrogens with zero attached hydrogens (tertiary/aromatic N) is 1. The summed E-state index contributed by atoms with van der Waals surface area (Å²) in [7, 11) is 0. The van der Waals surface area contributed by atoms with Crippen LogP contribution >= 0.6 is 0 Å².